The van der Waals surface area contributed by atoms with E-state index in [1.165, 1.54) is 44.9 Å². The molecular weight excluding hydrogens is 352 g/mol. The number of carbonyl (C=O) groups is 2. The molecule has 0 radical (unpaired) electrons. The van der Waals surface area contributed by atoms with Gasteiger partial charge in [0, 0.05) is 12.8 Å². The predicted octanol–water partition coefficient (Wildman–Crippen LogP) is 6.99. The third-order valence-electron chi connectivity index (χ3n) is 5.15. The van der Waals surface area contributed by atoms with Crippen LogP contribution in [0.5, 0.6) is 0 Å². The van der Waals surface area contributed by atoms with E-state index < -0.39 is 0 Å². The number of esters is 2. The molecule has 0 atom stereocenters. The Morgan fingerprint density at radius 2 is 1.11 bits per heavy atom. The lowest BCUT2D eigenvalue weighted by atomic mass is 9.99. The average Bonchev–Trinajstić information content (AvgIpc) is 2.68. The highest BCUT2D eigenvalue weighted by molar-refractivity contribution is 5.72. The van der Waals surface area contributed by atoms with Crippen LogP contribution in [-0.4, -0.2) is 25.2 Å². The Bertz CT molecular complexity index is 362. The fourth-order valence-electron chi connectivity index (χ4n) is 3.46. The number of hydrogen-bond donors (Lipinski definition) is 0. The summed E-state index contributed by atoms with van der Waals surface area (Å²) in [5, 5.41) is 0. The molecule has 28 heavy (non-hydrogen) atoms. The van der Waals surface area contributed by atoms with Gasteiger partial charge in [-0.05, 0) is 31.6 Å². The van der Waals surface area contributed by atoms with E-state index >= 15 is 0 Å². The van der Waals surface area contributed by atoms with Gasteiger partial charge in [0.15, 0.2) is 0 Å². The largest absolute Gasteiger partial charge is 0.466 e. The Kier molecular flexibility index (Phi) is 19.9. The normalized spacial score (nSPS) is 11.0. The van der Waals surface area contributed by atoms with Gasteiger partial charge >= 0.3 is 11.9 Å². The van der Waals surface area contributed by atoms with Crippen molar-refractivity contribution < 1.29 is 19.1 Å². The molecule has 0 aliphatic heterocycles. The highest BCUT2D eigenvalue weighted by atomic mass is 16.5. The van der Waals surface area contributed by atoms with Crippen LogP contribution in [-0.2, 0) is 19.1 Å². The summed E-state index contributed by atoms with van der Waals surface area (Å²) >= 11 is 0. The number of ether oxygens (including phenoxy) is 2. The summed E-state index contributed by atoms with van der Waals surface area (Å²) in [4.78, 5) is 23.5. The average molecular weight is 399 g/mol. The maximum atomic E-state index is 11.8. The first kappa shape index (κ1) is 26.9. The Morgan fingerprint density at radius 1 is 0.607 bits per heavy atom. The van der Waals surface area contributed by atoms with E-state index in [-0.39, 0.29) is 11.9 Å². The smallest absolute Gasteiger partial charge is 0.305 e. The summed E-state index contributed by atoms with van der Waals surface area (Å²) in [6.07, 6.45) is 16.8. The monoisotopic (exact) mass is 398 g/mol. The van der Waals surface area contributed by atoms with E-state index in [0.717, 1.165) is 38.5 Å². The van der Waals surface area contributed by atoms with E-state index in [9.17, 15) is 9.59 Å². The van der Waals surface area contributed by atoms with Gasteiger partial charge in [0.05, 0.1) is 13.2 Å². The van der Waals surface area contributed by atoms with Gasteiger partial charge < -0.3 is 9.47 Å². The van der Waals surface area contributed by atoms with Gasteiger partial charge in [-0.1, -0.05) is 85.0 Å². The number of hydrogen-bond acceptors (Lipinski definition) is 4. The van der Waals surface area contributed by atoms with E-state index in [4.69, 9.17) is 9.47 Å². The van der Waals surface area contributed by atoms with Crippen LogP contribution < -0.4 is 0 Å². The van der Waals surface area contributed by atoms with E-state index in [1.54, 1.807) is 0 Å². The highest BCUT2D eigenvalue weighted by Crippen LogP contribution is 2.14. The zero-order valence-corrected chi connectivity index (χ0v) is 18.9. The quantitative estimate of drug-likeness (QED) is 0.164. The third-order valence-corrected chi connectivity index (χ3v) is 5.15. The summed E-state index contributed by atoms with van der Waals surface area (Å²) < 4.78 is 10.6. The second kappa shape index (κ2) is 20.7. The van der Waals surface area contributed by atoms with Crippen molar-refractivity contribution in [1.82, 2.24) is 0 Å². The Hall–Kier alpha value is -1.06. The summed E-state index contributed by atoms with van der Waals surface area (Å²) in [5.41, 5.74) is 0. The second-order valence-corrected chi connectivity index (χ2v) is 8.03. The molecule has 0 heterocycles. The lowest BCUT2D eigenvalue weighted by Crippen LogP contribution is -2.14. The Balaban J connectivity index is 3.50. The van der Waals surface area contributed by atoms with Gasteiger partial charge in [-0.3, -0.25) is 9.59 Å². The minimum absolute atomic E-state index is 0.191. The molecule has 0 aromatic heterocycles. The zero-order chi connectivity index (χ0) is 20.9. The molecule has 4 heteroatoms. The molecule has 0 spiro atoms. The van der Waals surface area contributed by atoms with Crippen LogP contribution >= 0.6 is 0 Å². The number of unbranched alkanes of at least 4 members (excludes halogenated alkanes) is 8. The molecule has 0 unspecified atom stereocenters. The topological polar surface area (TPSA) is 52.6 Å². The first-order valence-corrected chi connectivity index (χ1v) is 11.9. The molecule has 4 nitrogen and oxygen atoms in total. The zero-order valence-electron chi connectivity index (χ0n) is 18.9. The SMILES string of the molecule is CCCCCCCCCCCOC(=O)CCCC(=O)OCC(CCC)CCC. The molecule has 0 aromatic rings. The van der Waals surface area contributed by atoms with Crippen molar-refractivity contribution in [3.8, 4) is 0 Å². The van der Waals surface area contributed by atoms with Crippen LogP contribution in [0.15, 0.2) is 0 Å². The molecule has 0 aromatic carbocycles. The van der Waals surface area contributed by atoms with Gasteiger partial charge in [0.1, 0.15) is 0 Å². The lowest BCUT2D eigenvalue weighted by Gasteiger charge is -2.15. The summed E-state index contributed by atoms with van der Waals surface area (Å²) in [6, 6.07) is 0. The highest BCUT2D eigenvalue weighted by Gasteiger charge is 2.11. The molecule has 0 fully saturated rings. The summed E-state index contributed by atoms with van der Waals surface area (Å²) in [5.74, 6) is 0.0893. The van der Waals surface area contributed by atoms with Crippen molar-refractivity contribution >= 4 is 11.9 Å². The van der Waals surface area contributed by atoms with Gasteiger partial charge in [-0.25, -0.2) is 0 Å². The Labute approximate surface area is 174 Å². The van der Waals surface area contributed by atoms with Crippen molar-refractivity contribution in [2.45, 2.75) is 124 Å². The van der Waals surface area contributed by atoms with Gasteiger partial charge in [-0.15, -0.1) is 0 Å². The minimum Gasteiger partial charge on any atom is -0.466 e. The maximum Gasteiger partial charge on any atom is 0.305 e. The molecule has 0 N–H and O–H groups in total. The molecule has 0 aliphatic rings. The molecule has 0 aliphatic carbocycles. The third kappa shape index (κ3) is 18.3. The van der Waals surface area contributed by atoms with Gasteiger partial charge in [0.25, 0.3) is 0 Å². The van der Waals surface area contributed by atoms with E-state index in [2.05, 4.69) is 20.8 Å². The molecule has 0 saturated heterocycles. The number of rotatable bonds is 20. The molecule has 0 bridgehead atoms. The molecule has 0 rings (SSSR count). The van der Waals surface area contributed by atoms with Crippen LogP contribution in [0.1, 0.15) is 124 Å². The lowest BCUT2D eigenvalue weighted by molar-refractivity contribution is -0.146. The Morgan fingerprint density at radius 3 is 1.64 bits per heavy atom. The molecule has 0 saturated carbocycles. The first-order chi connectivity index (χ1) is 13.6. The fourth-order valence-corrected chi connectivity index (χ4v) is 3.46. The maximum absolute atomic E-state index is 11.8. The van der Waals surface area contributed by atoms with Crippen molar-refractivity contribution in [3.63, 3.8) is 0 Å². The molecule has 166 valence electrons. The van der Waals surface area contributed by atoms with Crippen LogP contribution in [0.25, 0.3) is 0 Å². The van der Waals surface area contributed by atoms with E-state index in [1.807, 2.05) is 0 Å². The van der Waals surface area contributed by atoms with Crippen molar-refractivity contribution in [1.29, 1.82) is 0 Å². The van der Waals surface area contributed by atoms with Crippen LogP contribution in [0, 0.1) is 5.92 Å². The van der Waals surface area contributed by atoms with Crippen molar-refractivity contribution in [2.24, 2.45) is 5.92 Å². The first-order valence-electron chi connectivity index (χ1n) is 11.9. The van der Waals surface area contributed by atoms with Crippen LogP contribution in [0.3, 0.4) is 0 Å². The van der Waals surface area contributed by atoms with Gasteiger partial charge in [-0.2, -0.15) is 0 Å². The minimum atomic E-state index is -0.192. The second-order valence-electron chi connectivity index (χ2n) is 8.03. The molecular formula is C24H46O4. The van der Waals surface area contributed by atoms with Crippen LogP contribution in [0.4, 0.5) is 0 Å². The number of carbonyl (C=O) groups excluding carboxylic acids is 2. The van der Waals surface area contributed by atoms with Crippen LogP contribution in [0.2, 0.25) is 0 Å². The van der Waals surface area contributed by atoms with Crippen molar-refractivity contribution in [2.75, 3.05) is 13.2 Å². The standard InChI is InChI=1S/C24H46O4/c1-4-7-8-9-10-11-12-13-14-20-27-23(25)18-15-19-24(26)28-21-22(16-5-2)17-6-3/h22H,4-21H2,1-3H3. The fraction of sp³-hybridized carbons (Fsp3) is 0.917. The molecule has 0 amide bonds. The predicted molar refractivity (Wildman–Crippen MR) is 116 cm³/mol. The van der Waals surface area contributed by atoms with Crippen molar-refractivity contribution in [3.05, 3.63) is 0 Å². The van der Waals surface area contributed by atoms with Gasteiger partial charge in [0.2, 0.25) is 0 Å². The summed E-state index contributed by atoms with van der Waals surface area (Å²) in [6.45, 7) is 7.58. The summed E-state index contributed by atoms with van der Waals surface area (Å²) in [7, 11) is 0. The van der Waals surface area contributed by atoms with E-state index in [0.29, 0.717) is 38.4 Å².